The first-order valence-electron chi connectivity index (χ1n) is 9.54. The Morgan fingerprint density at radius 2 is 2.17 bits per heavy atom. The van der Waals surface area contributed by atoms with Crippen molar-refractivity contribution in [3.05, 3.63) is 52.1 Å². The third kappa shape index (κ3) is 3.44. The summed E-state index contributed by atoms with van der Waals surface area (Å²) in [7, 11) is 0. The second-order valence-electron chi connectivity index (χ2n) is 7.19. The number of hydrogen-bond acceptors (Lipinski definition) is 6. The van der Waals surface area contributed by atoms with Gasteiger partial charge in [0.1, 0.15) is 5.69 Å². The maximum atomic E-state index is 12.9. The van der Waals surface area contributed by atoms with Gasteiger partial charge in [-0.1, -0.05) is 6.07 Å². The molecular formula is C20H20N4O5. The first-order chi connectivity index (χ1) is 14.2. The van der Waals surface area contributed by atoms with Crippen LogP contribution in [0.25, 0.3) is 11.3 Å². The lowest BCUT2D eigenvalue weighted by Crippen LogP contribution is -2.25. The molecule has 1 aromatic rings. The number of pyridine rings is 1. The summed E-state index contributed by atoms with van der Waals surface area (Å²) in [6.45, 7) is 1.85. The molecule has 150 valence electrons. The van der Waals surface area contributed by atoms with Crippen molar-refractivity contribution in [1.82, 2.24) is 20.1 Å². The highest BCUT2D eigenvalue weighted by Gasteiger charge is 2.23. The third-order valence-electron chi connectivity index (χ3n) is 5.19. The van der Waals surface area contributed by atoms with Crippen LogP contribution in [0.4, 0.5) is 0 Å². The van der Waals surface area contributed by atoms with Gasteiger partial charge in [0.05, 0.1) is 17.2 Å². The van der Waals surface area contributed by atoms with Crippen LogP contribution < -0.4 is 20.3 Å². The Morgan fingerprint density at radius 3 is 3.03 bits per heavy atom. The molecule has 0 spiro atoms. The predicted octanol–water partition coefficient (Wildman–Crippen LogP) is 1.51. The highest BCUT2D eigenvalue weighted by atomic mass is 16.7. The number of rotatable bonds is 5. The Morgan fingerprint density at radius 1 is 1.28 bits per heavy atom. The quantitative estimate of drug-likeness (QED) is 0.677. The van der Waals surface area contributed by atoms with E-state index in [0.717, 1.165) is 25.0 Å². The average Bonchev–Trinajstić information content (AvgIpc) is 3.47. The van der Waals surface area contributed by atoms with Gasteiger partial charge in [-0.2, -0.15) is 5.10 Å². The van der Waals surface area contributed by atoms with E-state index in [0.29, 0.717) is 41.4 Å². The SMILES string of the molecule is O=C(NCc1ccc2c(c1)OCO2)c1cn(CC2CCCO2)cc2c(=O)[nH]nc1-2. The Labute approximate surface area is 165 Å². The lowest BCUT2D eigenvalue weighted by molar-refractivity contribution is 0.0935. The number of ether oxygens (including phenoxy) is 3. The number of nitrogens with one attached hydrogen (secondary N) is 2. The zero-order valence-corrected chi connectivity index (χ0v) is 15.6. The Kier molecular flexibility index (Phi) is 4.44. The van der Waals surface area contributed by atoms with Crippen molar-refractivity contribution in [3.8, 4) is 22.8 Å². The largest absolute Gasteiger partial charge is 0.454 e. The van der Waals surface area contributed by atoms with Gasteiger partial charge in [-0.15, -0.1) is 0 Å². The molecule has 4 aliphatic heterocycles. The normalized spacial score (nSPS) is 17.7. The second kappa shape index (κ2) is 7.25. The fourth-order valence-electron chi connectivity index (χ4n) is 3.71. The van der Waals surface area contributed by atoms with Crippen LogP contribution in [-0.4, -0.2) is 40.2 Å². The summed E-state index contributed by atoms with van der Waals surface area (Å²) < 4.78 is 18.2. The van der Waals surface area contributed by atoms with E-state index in [-0.39, 0.29) is 24.4 Å². The average molecular weight is 396 g/mol. The van der Waals surface area contributed by atoms with E-state index in [1.54, 1.807) is 12.4 Å². The van der Waals surface area contributed by atoms with Crippen molar-refractivity contribution in [3.63, 3.8) is 0 Å². The molecule has 4 aliphatic rings. The van der Waals surface area contributed by atoms with Gasteiger partial charge in [0.25, 0.3) is 11.5 Å². The third-order valence-corrected chi connectivity index (χ3v) is 5.19. The van der Waals surface area contributed by atoms with Crippen LogP contribution in [0.5, 0.6) is 11.5 Å². The van der Waals surface area contributed by atoms with Crippen LogP contribution in [-0.2, 0) is 17.8 Å². The lowest BCUT2D eigenvalue weighted by Gasteiger charge is -2.16. The Hall–Kier alpha value is -3.33. The van der Waals surface area contributed by atoms with Crippen LogP contribution in [0.1, 0.15) is 28.8 Å². The van der Waals surface area contributed by atoms with Crippen molar-refractivity contribution < 1.29 is 19.0 Å². The van der Waals surface area contributed by atoms with E-state index in [1.807, 2.05) is 22.8 Å². The summed E-state index contributed by atoms with van der Waals surface area (Å²) in [5, 5.41) is 9.36. The van der Waals surface area contributed by atoms with Crippen molar-refractivity contribution in [2.45, 2.75) is 32.0 Å². The topological polar surface area (TPSA) is 107 Å². The molecule has 29 heavy (non-hydrogen) atoms. The lowest BCUT2D eigenvalue weighted by atomic mass is 10.1. The van der Waals surface area contributed by atoms with Crippen LogP contribution >= 0.6 is 0 Å². The monoisotopic (exact) mass is 396 g/mol. The van der Waals surface area contributed by atoms with E-state index in [9.17, 15) is 9.59 Å². The summed E-state index contributed by atoms with van der Waals surface area (Å²) in [5.41, 5.74) is 1.67. The number of hydrogen-bond donors (Lipinski definition) is 2. The highest BCUT2D eigenvalue weighted by molar-refractivity contribution is 5.99. The van der Waals surface area contributed by atoms with Gasteiger partial charge < -0.3 is 24.1 Å². The van der Waals surface area contributed by atoms with Crippen molar-refractivity contribution in [2.24, 2.45) is 0 Å². The zero-order chi connectivity index (χ0) is 19.8. The molecule has 5 rings (SSSR count). The molecule has 1 atom stereocenters. The molecule has 4 heterocycles. The zero-order valence-electron chi connectivity index (χ0n) is 15.6. The maximum Gasteiger partial charge on any atom is 0.275 e. The molecule has 1 amide bonds. The number of carbonyl (C=O) groups is 1. The van der Waals surface area contributed by atoms with E-state index in [1.165, 1.54) is 0 Å². The number of carbonyl (C=O) groups excluding carboxylic acids is 1. The number of amides is 1. The number of nitrogens with zero attached hydrogens (tertiary/aromatic N) is 2. The molecule has 1 aromatic carbocycles. The standard InChI is InChI=1S/C20H20N4O5/c25-19(21-7-12-3-4-16-17(6-12)29-11-28-16)14-9-24(8-13-2-1-5-27-13)10-15-18(14)22-23-20(15)26/h3-4,6,9-10,13H,1-2,5,7-8,11H2,(H,21,25)(H,23,26). The van der Waals surface area contributed by atoms with E-state index < -0.39 is 0 Å². The molecule has 1 unspecified atom stereocenters. The Balaban J connectivity index is 1.37. The molecule has 1 fully saturated rings. The minimum Gasteiger partial charge on any atom is -0.454 e. The van der Waals surface area contributed by atoms with Crippen molar-refractivity contribution in [1.29, 1.82) is 0 Å². The first-order valence-corrected chi connectivity index (χ1v) is 9.54. The summed E-state index contributed by atoms with van der Waals surface area (Å²) in [6, 6.07) is 5.53. The molecule has 0 aliphatic carbocycles. The minimum atomic E-state index is -0.313. The number of aromatic nitrogens is 3. The molecule has 0 bridgehead atoms. The molecule has 9 nitrogen and oxygen atoms in total. The van der Waals surface area contributed by atoms with E-state index in [4.69, 9.17) is 14.2 Å². The highest BCUT2D eigenvalue weighted by Crippen LogP contribution is 2.32. The number of aromatic amines is 1. The van der Waals surface area contributed by atoms with Crippen LogP contribution in [0.15, 0.2) is 35.4 Å². The van der Waals surface area contributed by atoms with Crippen LogP contribution in [0.3, 0.4) is 0 Å². The molecule has 9 heteroatoms. The summed E-state index contributed by atoms with van der Waals surface area (Å²) in [6.07, 6.45) is 5.52. The van der Waals surface area contributed by atoms with Gasteiger partial charge in [-0.05, 0) is 30.5 Å². The summed E-state index contributed by atoms with van der Waals surface area (Å²) in [5.74, 6) is 1.05. The molecule has 1 saturated heterocycles. The van der Waals surface area contributed by atoms with Gasteiger partial charge in [0, 0.05) is 32.1 Å². The second-order valence-corrected chi connectivity index (χ2v) is 7.19. The van der Waals surface area contributed by atoms with Crippen molar-refractivity contribution >= 4 is 5.91 Å². The fourth-order valence-corrected chi connectivity index (χ4v) is 3.71. The molecule has 2 N–H and O–H groups in total. The predicted molar refractivity (Wildman–Crippen MR) is 102 cm³/mol. The van der Waals surface area contributed by atoms with Crippen LogP contribution in [0, 0.1) is 0 Å². The molecule has 0 saturated carbocycles. The van der Waals surface area contributed by atoms with Crippen LogP contribution in [0.2, 0.25) is 0 Å². The number of H-pyrrole nitrogens is 1. The first kappa shape index (κ1) is 17.7. The fraction of sp³-hybridized carbons (Fsp3) is 0.350. The minimum absolute atomic E-state index is 0.0870. The molecular weight excluding hydrogens is 376 g/mol. The molecule has 0 radical (unpaired) electrons. The smallest absolute Gasteiger partial charge is 0.275 e. The van der Waals surface area contributed by atoms with Gasteiger partial charge >= 0.3 is 0 Å². The van der Waals surface area contributed by atoms with Gasteiger partial charge in [0.15, 0.2) is 11.5 Å². The van der Waals surface area contributed by atoms with Gasteiger partial charge in [0.2, 0.25) is 6.79 Å². The Bertz CT molecular complexity index is 1080. The van der Waals surface area contributed by atoms with Gasteiger partial charge in [-0.25, -0.2) is 5.10 Å². The van der Waals surface area contributed by atoms with Gasteiger partial charge in [-0.3, -0.25) is 9.59 Å². The van der Waals surface area contributed by atoms with E-state index >= 15 is 0 Å². The molecule has 0 aromatic heterocycles. The van der Waals surface area contributed by atoms with Crippen molar-refractivity contribution in [2.75, 3.05) is 13.4 Å². The summed E-state index contributed by atoms with van der Waals surface area (Å²) >= 11 is 0. The number of benzene rings is 1. The summed E-state index contributed by atoms with van der Waals surface area (Å²) in [4.78, 5) is 25.0. The maximum absolute atomic E-state index is 12.9. The number of fused-ring (bicyclic) bond motifs is 2. The van der Waals surface area contributed by atoms with E-state index in [2.05, 4.69) is 15.5 Å².